The molecule has 0 aliphatic carbocycles. The molecule has 3 N–H and O–H groups in total. The molecule has 32 heavy (non-hydrogen) atoms. The van der Waals surface area contributed by atoms with Crippen LogP contribution in [-0.2, 0) is 16.8 Å². The summed E-state index contributed by atoms with van der Waals surface area (Å²) >= 11 is 1.55. The highest BCUT2D eigenvalue weighted by molar-refractivity contribution is 7.09. The number of aliphatic carboxylic acids is 1. The van der Waals surface area contributed by atoms with Crippen LogP contribution in [0.4, 0.5) is 10.5 Å². The molecule has 0 saturated carbocycles. The topological polar surface area (TPSA) is 100 Å². The molecular formula is C24H27N3O4S. The summed E-state index contributed by atoms with van der Waals surface area (Å²) in [5, 5.41) is 16.5. The molecule has 1 atom stereocenters. The van der Waals surface area contributed by atoms with Crippen LogP contribution in [0.25, 0.3) is 0 Å². The molecule has 1 aromatic carbocycles. The molecule has 0 fully saturated rings. The fraction of sp³-hybridized carbons (Fsp3) is 0.292. The minimum atomic E-state index is -1.03. The predicted octanol–water partition coefficient (Wildman–Crippen LogP) is 4.59. The van der Waals surface area contributed by atoms with E-state index in [0.29, 0.717) is 12.1 Å². The van der Waals surface area contributed by atoms with Gasteiger partial charge in [0.15, 0.2) is 0 Å². The van der Waals surface area contributed by atoms with Gasteiger partial charge in [-0.1, -0.05) is 51.1 Å². The average molecular weight is 454 g/mol. The van der Waals surface area contributed by atoms with Crippen LogP contribution in [0, 0.1) is 0 Å². The summed E-state index contributed by atoms with van der Waals surface area (Å²) in [5.41, 5.74) is 1.54. The Bertz CT molecular complexity index is 1130. The van der Waals surface area contributed by atoms with Gasteiger partial charge in [-0.05, 0) is 40.1 Å². The van der Waals surface area contributed by atoms with Gasteiger partial charge in [0, 0.05) is 11.1 Å². The number of carboxylic acid groups (broad SMARTS) is 1. The van der Waals surface area contributed by atoms with E-state index in [4.69, 9.17) is 0 Å². The first-order valence-electron chi connectivity index (χ1n) is 10.2. The highest BCUT2D eigenvalue weighted by Crippen LogP contribution is 2.25. The van der Waals surface area contributed by atoms with Crippen LogP contribution >= 0.6 is 11.3 Å². The number of aromatic nitrogens is 1. The molecule has 3 rings (SSSR count). The zero-order valence-corrected chi connectivity index (χ0v) is 19.1. The Kier molecular flexibility index (Phi) is 7.15. The second kappa shape index (κ2) is 9.82. The Morgan fingerprint density at radius 3 is 2.41 bits per heavy atom. The van der Waals surface area contributed by atoms with E-state index >= 15 is 0 Å². The number of nitrogens with one attached hydrogen (secondary N) is 2. The molecule has 0 spiro atoms. The molecule has 0 unspecified atom stereocenters. The number of anilines is 1. The standard InChI is InChI=1S/C24H27N3O4S/c1-24(2,3)17-10-8-16(9-11-17)20(14-21(28)29)26-23(31)25-19-7-4-12-27(22(19)30)15-18-6-5-13-32-18/h4-13,20H,14-15H2,1-3H3,(H,28,29)(H2,25,26,31)/t20-/m0/s1. The van der Waals surface area contributed by atoms with Gasteiger partial charge in [0.05, 0.1) is 19.0 Å². The summed E-state index contributed by atoms with van der Waals surface area (Å²) in [6, 6.07) is 13.2. The number of thiophene rings is 1. The van der Waals surface area contributed by atoms with Crippen LogP contribution in [0.5, 0.6) is 0 Å². The van der Waals surface area contributed by atoms with Gasteiger partial charge in [-0.2, -0.15) is 0 Å². The molecule has 2 amide bonds. The fourth-order valence-electron chi connectivity index (χ4n) is 3.29. The lowest BCUT2D eigenvalue weighted by molar-refractivity contribution is -0.137. The summed E-state index contributed by atoms with van der Waals surface area (Å²) in [6.45, 7) is 6.68. The lowest BCUT2D eigenvalue weighted by Gasteiger charge is -2.22. The molecule has 2 aromatic heterocycles. The van der Waals surface area contributed by atoms with Crippen molar-refractivity contribution < 1.29 is 14.7 Å². The first-order chi connectivity index (χ1) is 15.1. The highest BCUT2D eigenvalue weighted by Gasteiger charge is 2.20. The minimum absolute atomic E-state index is 0.0397. The maximum Gasteiger partial charge on any atom is 0.319 e. The lowest BCUT2D eigenvalue weighted by Crippen LogP contribution is -2.36. The van der Waals surface area contributed by atoms with Gasteiger partial charge in [0.2, 0.25) is 0 Å². The molecule has 0 bridgehead atoms. The van der Waals surface area contributed by atoms with E-state index in [-0.39, 0.29) is 23.1 Å². The van der Waals surface area contributed by atoms with Crippen LogP contribution in [0.2, 0.25) is 0 Å². The smallest absolute Gasteiger partial charge is 0.319 e. The third-order valence-corrected chi connectivity index (χ3v) is 5.90. The van der Waals surface area contributed by atoms with Crippen molar-refractivity contribution in [2.75, 3.05) is 5.32 Å². The molecule has 7 nitrogen and oxygen atoms in total. The van der Waals surface area contributed by atoms with Crippen LogP contribution in [0.3, 0.4) is 0 Å². The number of benzene rings is 1. The number of amides is 2. The Labute approximate surface area is 190 Å². The van der Waals surface area contributed by atoms with Gasteiger partial charge in [-0.25, -0.2) is 4.79 Å². The first-order valence-corrected chi connectivity index (χ1v) is 11.1. The SMILES string of the molecule is CC(C)(C)c1ccc([C@H](CC(=O)O)NC(=O)Nc2cccn(Cc3cccs3)c2=O)cc1. The summed E-state index contributed by atoms with van der Waals surface area (Å²) in [4.78, 5) is 37.7. The molecular weight excluding hydrogens is 426 g/mol. The number of pyridine rings is 1. The molecule has 2 heterocycles. The molecule has 0 aliphatic heterocycles. The zero-order valence-electron chi connectivity index (χ0n) is 18.3. The quantitative estimate of drug-likeness (QED) is 0.487. The van der Waals surface area contributed by atoms with Crippen molar-refractivity contribution in [2.24, 2.45) is 0 Å². The second-order valence-electron chi connectivity index (χ2n) is 8.56. The van der Waals surface area contributed by atoms with E-state index in [1.165, 1.54) is 10.6 Å². The van der Waals surface area contributed by atoms with Crippen molar-refractivity contribution in [3.8, 4) is 0 Å². The Morgan fingerprint density at radius 1 is 1.09 bits per heavy atom. The summed E-state index contributed by atoms with van der Waals surface area (Å²) < 4.78 is 1.52. The number of carbonyl (C=O) groups is 2. The lowest BCUT2D eigenvalue weighted by atomic mass is 9.86. The summed E-state index contributed by atoms with van der Waals surface area (Å²) in [5.74, 6) is -1.03. The number of hydrogen-bond acceptors (Lipinski definition) is 4. The second-order valence-corrected chi connectivity index (χ2v) is 9.59. The number of urea groups is 1. The maximum atomic E-state index is 12.7. The maximum absolute atomic E-state index is 12.7. The Morgan fingerprint density at radius 2 is 1.81 bits per heavy atom. The van der Waals surface area contributed by atoms with E-state index in [1.807, 2.05) is 41.8 Å². The van der Waals surface area contributed by atoms with Crippen molar-refractivity contribution in [3.05, 3.63) is 86.5 Å². The van der Waals surface area contributed by atoms with Crippen molar-refractivity contribution in [2.45, 2.75) is 45.2 Å². The van der Waals surface area contributed by atoms with Crippen LogP contribution < -0.4 is 16.2 Å². The number of carboxylic acids is 1. The average Bonchev–Trinajstić information content (AvgIpc) is 3.23. The molecule has 8 heteroatoms. The number of carbonyl (C=O) groups excluding carboxylic acids is 1. The van der Waals surface area contributed by atoms with Gasteiger partial charge in [-0.15, -0.1) is 11.3 Å². The van der Waals surface area contributed by atoms with E-state index in [2.05, 4.69) is 31.4 Å². The third-order valence-electron chi connectivity index (χ3n) is 5.04. The van der Waals surface area contributed by atoms with Gasteiger partial charge in [0.1, 0.15) is 5.69 Å². The van der Waals surface area contributed by atoms with Crippen LogP contribution in [0.15, 0.2) is 64.9 Å². The fourth-order valence-corrected chi connectivity index (χ4v) is 3.99. The number of rotatable bonds is 7. The zero-order chi connectivity index (χ0) is 23.3. The third kappa shape index (κ3) is 6.07. The van der Waals surface area contributed by atoms with Crippen LogP contribution in [-0.4, -0.2) is 21.7 Å². The molecule has 0 saturated heterocycles. The number of nitrogens with zero attached hydrogens (tertiary/aromatic N) is 1. The van der Waals surface area contributed by atoms with E-state index < -0.39 is 18.0 Å². The normalized spacial score (nSPS) is 12.2. The van der Waals surface area contributed by atoms with Crippen molar-refractivity contribution in [3.63, 3.8) is 0 Å². The summed E-state index contributed by atoms with van der Waals surface area (Å²) in [7, 11) is 0. The van der Waals surface area contributed by atoms with Gasteiger partial charge >= 0.3 is 12.0 Å². The minimum Gasteiger partial charge on any atom is -0.481 e. The van der Waals surface area contributed by atoms with Crippen molar-refractivity contribution in [1.82, 2.24) is 9.88 Å². The van der Waals surface area contributed by atoms with Crippen LogP contribution in [0.1, 0.15) is 49.2 Å². The number of hydrogen-bond donors (Lipinski definition) is 3. The summed E-state index contributed by atoms with van der Waals surface area (Å²) in [6.07, 6.45) is 1.38. The van der Waals surface area contributed by atoms with Gasteiger partial charge < -0.3 is 20.3 Å². The monoisotopic (exact) mass is 453 g/mol. The predicted molar refractivity (Wildman–Crippen MR) is 126 cm³/mol. The van der Waals surface area contributed by atoms with E-state index in [0.717, 1.165) is 10.4 Å². The van der Waals surface area contributed by atoms with Gasteiger partial charge in [-0.3, -0.25) is 9.59 Å². The molecule has 0 aliphatic rings. The highest BCUT2D eigenvalue weighted by atomic mass is 32.1. The van der Waals surface area contributed by atoms with Gasteiger partial charge in [0.25, 0.3) is 5.56 Å². The van der Waals surface area contributed by atoms with E-state index in [9.17, 15) is 19.5 Å². The first kappa shape index (κ1) is 23.3. The Hall–Kier alpha value is -3.39. The largest absolute Gasteiger partial charge is 0.481 e. The van der Waals surface area contributed by atoms with Crippen molar-refractivity contribution >= 4 is 29.0 Å². The van der Waals surface area contributed by atoms with Crippen molar-refractivity contribution in [1.29, 1.82) is 0 Å². The Balaban J connectivity index is 1.74. The molecule has 3 aromatic rings. The molecule has 168 valence electrons. The molecule has 0 radical (unpaired) electrons. The van der Waals surface area contributed by atoms with E-state index in [1.54, 1.807) is 23.6 Å².